The van der Waals surface area contributed by atoms with Crippen LogP contribution in [0.2, 0.25) is 0 Å². The Balaban J connectivity index is 2.18. The van der Waals surface area contributed by atoms with Gasteiger partial charge in [0.15, 0.2) is 0 Å². The SMILES string of the molecule is COc1cccc(OC)c1C(=O)NC1CCN(C)C1. The number of nitrogens with one attached hydrogen (secondary N) is 1. The number of likely N-dealkylation sites (tertiary alicyclic amines) is 1. The number of amides is 1. The summed E-state index contributed by atoms with van der Waals surface area (Å²) in [5.41, 5.74) is 0.460. The van der Waals surface area contributed by atoms with Crippen molar-refractivity contribution in [2.75, 3.05) is 34.4 Å². The van der Waals surface area contributed by atoms with Crippen LogP contribution in [0.1, 0.15) is 16.8 Å². The molecule has 104 valence electrons. The van der Waals surface area contributed by atoms with Crippen LogP contribution in [-0.4, -0.2) is 51.2 Å². The molecule has 1 atom stereocenters. The van der Waals surface area contributed by atoms with Crippen LogP contribution in [0.5, 0.6) is 11.5 Å². The van der Waals surface area contributed by atoms with Gasteiger partial charge in [-0.1, -0.05) is 6.07 Å². The van der Waals surface area contributed by atoms with E-state index in [0.29, 0.717) is 17.1 Å². The maximum Gasteiger partial charge on any atom is 0.259 e. The molecule has 1 heterocycles. The largest absolute Gasteiger partial charge is 0.496 e. The fraction of sp³-hybridized carbons (Fsp3) is 0.500. The zero-order chi connectivity index (χ0) is 13.8. The third-order valence-corrected chi connectivity index (χ3v) is 3.38. The molecule has 2 rings (SSSR count). The summed E-state index contributed by atoms with van der Waals surface area (Å²) in [6.45, 7) is 1.89. The van der Waals surface area contributed by atoms with Crippen molar-refractivity contribution in [1.29, 1.82) is 0 Å². The van der Waals surface area contributed by atoms with E-state index in [0.717, 1.165) is 19.5 Å². The van der Waals surface area contributed by atoms with E-state index >= 15 is 0 Å². The molecule has 1 aromatic carbocycles. The molecule has 0 aromatic heterocycles. The number of carbonyl (C=O) groups excluding carboxylic acids is 1. The predicted octanol–water partition coefficient (Wildman–Crippen LogP) is 1.14. The summed E-state index contributed by atoms with van der Waals surface area (Å²) in [5, 5.41) is 3.03. The maximum atomic E-state index is 12.4. The monoisotopic (exact) mass is 264 g/mol. The minimum Gasteiger partial charge on any atom is -0.496 e. The predicted molar refractivity (Wildman–Crippen MR) is 72.9 cm³/mol. The average molecular weight is 264 g/mol. The number of carbonyl (C=O) groups is 1. The van der Waals surface area contributed by atoms with Crippen LogP contribution < -0.4 is 14.8 Å². The summed E-state index contributed by atoms with van der Waals surface area (Å²) in [7, 11) is 5.15. The number of hydrogen-bond donors (Lipinski definition) is 1. The highest BCUT2D eigenvalue weighted by molar-refractivity contribution is 5.99. The first-order chi connectivity index (χ1) is 9.15. The van der Waals surface area contributed by atoms with E-state index < -0.39 is 0 Å². The van der Waals surface area contributed by atoms with Gasteiger partial charge in [0.25, 0.3) is 5.91 Å². The number of benzene rings is 1. The molecule has 0 bridgehead atoms. The molecular weight excluding hydrogens is 244 g/mol. The molecule has 0 spiro atoms. The van der Waals surface area contributed by atoms with Gasteiger partial charge in [-0.2, -0.15) is 0 Å². The highest BCUT2D eigenvalue weighted by atomic mass is 16.5. The summed E-state index contributed by atoms with van der Waals surface area (Å²) < 4.78 is 10.5. The molecule has 1 amide bonds. The van der Waals surface area contributed by atoms with Crippen molar-refractivity contribution in [2.24, 2.45) is 0 Å². The topological polar surface area (TPSA) is 50.8 Å². The molecule has 0 radical (unpaired) electrons. The Hall–Kier alpha value is -1.75. The molecule has 19 heavy (non-hydrogen) atoms. The van der Waals surface area contributed by atoms with Crippen LogP contribution in [0.3, 0.4) is 0 Å². The molecule has 1 aromatic rings. The summed E-state index contributed by atoms with van der Waals surface area (Å²) in [6, 6.07) is 5.51. The molecule has 0 saturated carbocycles. The lowest BCUT2D eigenvalue weighted by atomic mass is 10.1. The molecule has 0 aliphatic carbocycles. The lowest BCUT2D eigenvalue weighted by Gasteiger charge is -2.16. The minimum absolute atomic E-state index is 0.144. The Morgan fingerprint density at radius 1 is 1.32 bits per heavy atom. The average Bonchev–Trinajstić information content (AvgIpc) is 2.82. The minimum atomic E-state index is -0.144. The Morgan fingerprint density at radius 3 is 2.42 bits per heavy atom. The van der Waals surface area contributed by atoms with E-state index in [1.54, 1.807) is 32.4 Å². The number of nitrogens with zero attached hydrogens (tertiary/aromatic N) is 1. The zero-order valence-corrected chi connectivity index (χ0v) is 11.6. The molecule has 5 heteroatoms. The third kappa shape index (κ3) is 2.98. The molecular formula is C14H20N2O3. The zero-order valence-electron chi connectivity index (χ0n) is 11.6. The fourth-order valence-corrected chi connectivity index (χ4v) is 2.39. The number of methoxy groups -OCH3 is 2. The summed E-state index contributed by atoms with van der Waals surface area (Å²) >= 11 is 0. The summed E-state index contributed by atoms with van der Waals surface area (Å²) in [4.78, 5) is 14.6. The van der Waals surface area contributed by atoms with E-state index in [1.165, 1.54) is 0 Å². The standard InChI is InChI=1S/C14H20N2O3/c1-16-8-7-10(9-16)15-14(17)13-11(18-2)5-4-6-12(13)19-3/h4-6,10H,7-9H2,1-3H3,(H,15,17). The van der Waals surface area contributed by atoms with Gasteiger partial charge in [0.2, 0.25) is 0 Å². The lowest BCUT2D eigenvalue weighted by Crippen LogP contribution is -2.36. The van der Waals surface area contributed by atoms with Crippen LogP contribution in [0, 0.1) is 0 Å². The van der Waals surface area contributed by atoms with E-state index in [9.17, 15) is 4.79 Å². The van der Waals surface area contributed by atoms with Gasteiger partial charge < -0.3 is 19.7 Å². The van der Waals surface area contributed by atoms with E-state index in [1.807, 2.05) is 0 Å². The van der Waals surface area contributed by atoms with E-state index in [-0.39, 0.29) is 11.9 Å². The smallest absolute Gasteiger partial charge is 0.259 e. The van der Waals surface area contributed by atoms with Crippen LogP contribution in [-0.2, 0) is 0 Å². The Labute approximate surface area is 113 Å². The van der Waals surface area contributed by atoms with Crippen molar-refractivity contribution in [3.05, 3.63) is 23.8 Å². The van der Waals surface area contributed by atoms with Crippen molar-refractivity contribution in [3.63, 3.8) is 0 Å². The van der Waals surface area contributed by atoms with Crippen molar-refractivity contribution < 1.29 is 14.3 Å². The molecule has 1 aliphatic rings. The Kier molecular flexibility index (Phi) is 4.27. The molecule has 1 saturated heterocycles. The highest BCUT2D eigenvalue weighted by Crippen LogP contribution is 2.28. The van der Waals surface area contributed by atoms with Gasteiger partial charge >= 0.3 is 0 Å². The van der Waals surface area contributed by atoms with Gasteiger partial charge in [-0.3, -0.25) is 4.79 Å². The van der Waals surface area contributed by atoms with Crippen molar-refractivity contribution in [3.8, 4) is 11.5 Å². The fourth-order valence-electron chi connectivity index (χ4n) is 2.39. The van der Waals surface area contributed by atoms with Gasteiger partial charge in [-0.05, 0) is 32.1 Å². The quantitative estimate of drug-likeness (QED) is 0.886. The normalized spacial score (nSPS) is 19.2. The molecule has 1 aliphatic heterocycles. The Morgan fingerprint density at radius 2 is 1.95 bits per heavy atom. The second-order valence-corrected chi connectivity index (χ2v) is 4.76. The molecule has 1 unspecified atom stereocenters. The second-order valence-electron chi connectivity index (χ2n) is 4.76. The lowest BCUT2D eigenvalue weighted by molar-refractivity contribution is 0.0932. The van der Waals surface area contributed by atoms with Gasteiger partial charge in [-0.25, -0.2) is 0 Å². The van der Waals surface area contributed by atoms with Gasteiger partial charge in [0.1, 0.15) is 17.1 Å². The number of rotatable bonds is 4. The van der Waals surface area contributed by atoms with E-state index in [2.05, 4.69) is 17.3 Å². The molecule has 1 N–H and O–H groups in total. The van der Waals surface area contributed by atoms with E-state index in [4.69, 9.17) is 9.47 Å². The van der Waals surface area contributed by atoms with Gasteiger partial charge in [0.05, 0.1) is 14.2 Å². The number of hydrogen-bond acceptors (Lipinski definition) is 4. The van der Waals surface area contributed by atoms with Gasteiger partial charge in [-0.15, -0.1) is 0 Å². The third-order valence-electron chi connectivity index (χ3n) is 3.38. The summed E-state index contributed by atoms with van der Waals surface area (Å²) in [6.07, 6.45) is 0.972. The molecule has 1 fully saturated rings. The first-order valence-corrected chi connectivity index (χ1v) is 6.36. The van der Waals surface area contributed by atoms with Crippen LogP contribution in [0.4, 0.5) is 0 Å². The highest BCUT2D eigenvalue weighted by Gasteiger charge is 2.24. The molecule has 5 nitrogen and oxygen atoms in total. The van der Waals surface area contributed by atoms with Crippen LogP contribution in [0.15, 0.2) is 18.2 Å². The first-order valence-electron chi connectivity index (χ1n) is 6.36. The van der Waals surface area contributed by atoms with Crippen molar-refractivity contribution >= 4 is 5.91 Å². The van der Waals surface area contributed by atoms with Crippen molar-refractivity contribution in [2.45, 2.75) is 12.5 Å². The number of likely N-dealkylation sites (N-methyl/N-ethyl adjacent to an activating group) is 1. The van der Waals surface area contributed by atoms with Crippen LogP contribution in [0.25, 0.3) is 0 Å². The van der Waals surface area contributed by atoms with Crippen LogP contribution >= 0.6 is 0 Å². The van der Waals surface area contributed by atoms with Crippen molar-refractivity contribution in [1.82, 2.24) is 10.2 Å². The Bertz CT molecular complexity index is 440. The first kappa shape index (κ1) is 13.7. The maximum absolute atomic E-state index is 12.4. The number of ether oxygens (including phenoxy) is 2. The second kappa shape index (κ2) is 5.93. The van der Waals surface area contributed by atoms with Gasteiger partial charge in [0, 0.05) is 12.6 Å². The summed E-state index contributed by atoms with van der Waals surface area (Å²) in [5.74, 6) is 0.918.